The molecule has 1 aromatic heterocycles. The number of thiophene rings is 1. The molecule has 1 aliphatic heterocycles. The van der Waals surface area contributed by atoms with Crippen molar-refractivity contribution < 1.29 is 9.59 Å². The molecule has 4 nitrogen and oxygen atoms in total. The third kappa shape index (κ3) is 2.84. The molecule has 0 N–H and O–H groups in total. The van der Waals surface area contributed by atoms with Crippen LogP contribution in [-0.2, 0) is 4.79 Å². The third-order valence-corrected chi connectivity index (χ3v) is 8.55. The number of amides is 2. The van der Waals surface area contributed by atoms with Crippen LogP contribution in [0.15, 0.2) is 17.5 Å². The highest BCUT2D eigenvalue weighted by Crippen LogP contribution is 2.58. The van der Waals surface area contributed by atoms with Crippen LogP contribution in [0.4, 0.5) is 0 Å². The molecule has 6 rings (SSSR count). The number of rotatable bonds is 4. The molecule has 1 saturated heterocycles. The van der Waals surface area contributed by atoms with Crippen LogP contribution in [0.2, 0.25) is 0 Å². The molecule has 146 valence electrons. The van der Waals surface area contributed by atoms with Crippen LogP contribution in [0.3, 0.4) is 0 Å². The summed E-state index contributed by atoms with van der Waals surface area (Å²) in [7, 11) is 0. The van der Waals surface area contributed by atoms with Crippen molar-refractivity contribution in [2.75, 3.05) is 13.1 Å². The molecular weight excluding hydrogens is 356 g/mol. The number of carbonyl (C=O) groups excluding carboxylic acids is 2. The van der Waals surface area contributed by atoms with Gasteiger partial charge in [-0.05, 0) is 87.5 Å². The third-order valence-electron chi connectivity index (χ3n) is 7.69. The van der Waals surface area contributed by atoms with Crippen LogP contribution < -0.4 is 0 Å². The molecule has 2 heterocycles. The van der Waals surface area contributed by atoms with Gasteiger partial charge in [0.2, 0.25) is 5.91 Å². The number of hydrogen-bond donors (Lipinski definition) is 0. The van der Waals surface area contributed by atoms with Gasteiger partial charge >= 0.3 is 0 Å². The lowest BCUT2D eigenvalue weighted by molar-refractivity contribution is -0.154. The SMILES string of the molecule is CCN(C(=O)C1CCCN1C(=O)c1cccs1)C12CC3CC(CC(C3)C1)C2. The molecule has 0 spiro atoms. The lowest BCUT2D eigenvalue weighted by Gasteiger charge is -2.60. The summed E-state index contributed by atoms with van der Waals surface area (Å²) >= 11 is 1.48. The van der Waals surface area contributed by atoms with E-state index >= 15 is 0 Å². The van der Waals surface area contributed by atoms with Crippen molar-refractivity contribution in [3.05, 3.63) is 22.4 Å². The van der Waals surface area contributed by atoms with Gasteiger partial charge in [-0.1, -0.05) is 6.07 Å². The van der Waals surface area contributed by atoms with E-state index in [-0.39, 0.29) is 23.4 Å². The van der Waals surface area contributed by atoms with Gasteiger partial charge in [-0.2, -0.15) is 0 Å². The van der Waals surface area contributed by atoms with Crippen molar-refractivity contribution >= 4 is 23.2 Å². The van der Waals surface area contributed by atoms with Gasteiger partial charge in [0.25, 0.3) is 5.91 Å². The Balaban J connectivity index is 1.39. The minimum absolute atomic E-state index is 0.0439. The number of likely N-dealkylation sites (N-methyl/N-ethyl adjacent to an activating group) is 1. The molecule has 4 bridgehead atoms. The summed E-state index contributed by atoms with van der Waals surface area (Å²) in [5, 5.41) is 1.94. The Labute approximate surface area is 165 Å². The van der Waals surface area contributed by atoms with Crippen molar-refractivity contribution in [1.29, 1.82) is 0 Å². The number of carbonyl (C=O) groups is 2. The van der Waals surface area contributed by atoms with Crippen LogP contribution >= 0.6 is 11.3 Å². The highest BCUT2D eigenvalue weighted by Gasteiger charge is 2.55. The molecule has 1 unspecified atom stereocenters. The maximum absolute atomic E-state index is 13.7. The van der Waals surface area contributed by atoms with E-state index < -0.39 is 0 Å². The molecular formula is C22H30N2O2S. The van der Waals surface area contributed by atoms with Gasteiger partial charge in [0.15, 0.2) is 0 Å². The topological polar surface area (TPSA) is 40.6 Å². The lowest BCUT2D eigenvalue weighted by atomic mass is 9.52. The predicted octanol–water partition coefficient (Wildman–Crippen LogP) is 4.17. The summed E-state index contributed by atoms with van der Waals surface area (Å²) in [5.74, 6) is 2.74. The van der Waals surface area contributed by atoms with E-state index in [4.69, 9.17) is 0 Å². The molecule has 4 saturated carbocycles. The monoisotopic (exact) mass is 386 g/mol. The van der Waals surface area contributed by atoms with E-state index in [1.54, 1.807) is 0 Å². The Morgan fingerprint density at radius 2 is 1.85 bits per heavy atom. The van der Waals surface area contributed by atoms with Crippen molar-refractivity contribution in [3.63, 3.8) is 0 Å². The fourth-order valence-electron chi connectivity index (χ4n) is 7.11. The van der Waals surface area contributed by atoms with Crippen LogP contribution in [0, 0.1) is 17.8 Å². The summed E-state index contributed by atoms with van der Waals surface area (Å²) in [4.78, 5) is 31.5. The zero-order valence-electron chi connectivity index (χ0n) is 16.2. The molecule has 2 amide bonds. The number of hydrogen-bond acceptors (Lipinski definition) is 3. The Bertz CT molecular complexity index is 693. The van der Waals surface area contributed by atoms with Crippen molar-refractivity contribution in [1.82, 2.24) is 9.80 Å². The maximum Gasteiger partial charge on any atom is 0.264 e. The summed E-state index contributed by atoms with van der Waals surface area (Å²) in [6.07, 6.45) is 9.51. The first-order valence-corrected chi connectivity index (χ1v) is 11.6. The maximum atomic E-state index is 13.7. The Morgan fingerprint density at radius 1 is 1.19 bits per heavy atom. The number of likely N-dealkylation sites (tertiary alicyclic amines) is 1. The molecule has 5 heteroatoms. The van der Waals surface area contributed by atoms with E-state index in [1.807, 2.05) is 22.4 Å². The van der Waals surface area contributed by atoms with Crippen LogP contribution in [0.1, 0.15) is 68.0 Å². The average molecular weight is 387 g/mol. The van der Waals surface area contributed by atoms with Gasteiger partial charge in [0.05, 0.1) is 4.88 Å². The second-order valence-electron chi connectivity index (χ2n) is 9.36. The molecule has 0 radical (unpaired) electrons. The van der Waals surface area contributed by atoms with Crippen LogP contribution in [0.5, 0.6) is 0 Å². The molecule has 4 aliphatic carbocycles. The normalized spacial score (nSPS) is 37.0. The smallest absolute Gasteiger partial charge is 0.264 e. The molecule has 27 heavy (non-hydrogen) atoms. The molecule has 0 aromatic carbocycles. The largest absolute Gasteiger partial charge is 0.335 e. The predicted molar refractivity (Wildman–Crippen MR) is 107 cm³/mol. The van der Waals surface area contributed by atoms with Crippen LogP contribution in [0.25, 0.3) is 0 Å². The summed E-state index contributed by atoms with van der Waals surface area (Å²) in [5.41, 5.74) is 0.0841. The minimum Gasteiger partial charge on any atom is -0.335 e. The quantitative estimate of drug-likeness (QED) is 0.779. The van der Waals surface area contributed by atoms with Gasteiger partial charge < -0.3 is 9.80 Å². The first-order valence-electron chi connectivity index (χ1n) is 10.8. The summed E-state index contributed by atoms with van der Waals surface area (Å²) < 4.78 is 0. The summed E-state index contributed by atoms with van der Waals surface area (Å²) in [6, 6.07) is 3.54. The van der Waals surface area contributed by atoms with Gasteiger partial charge in [0.1, 0.15) is 6.04 Å². The van der Waals surface area contributed by atoms with E-state index in [0.29, 0.717) is 6.54 Å². The summed E-state index contributed by atoms with van der Waals surface area (Å²) in [6.45, 7) is 3.63. The Morgan fingerprint density at radius 3 is 2.41 bits per heavy atom. The Kier molecular flexibility index (Phi) is 4.34. The van der Waals surface area contributed by atoms with Crippen LogP contribution in [-0.4, -0.2) is 46.3 Å². The first kappa shape index (κ1) is 17.7. The first-order chi connectivity index (χ1) is 13.1. The fourth-order valence-corrected chi connectivity index (χ4v) is 7.79. The molecule has 1 aromatic rings. The van der Waals surface area contributed by atoms with Crippen molar-refractivity contribution in [2.24, 2.45) is 17.8 Å². The van der Waals surface area contributed by atoms with Gasteiger partial charge in [-0.3, -0.25) is 9.59 Å². The standard InChI is InChI=1S/C22H30N2O2S/c1-2-24(22-12-15-9-16(13-22)11-17(10-15)14-22)20(25)18-5-3-7-23(18)21(26)19-6-4-8-27-19/h4,6,8,15-18H,2-3,5,7,9-14H2,1H3. The van der Waals surface area contributed by atoms with Gasteiger partial charge in [0, 0.05) is 18.6 Å². The fraction of sp³-hybridized carbons (Fsp3) is 0.727. The highest BCUT2D eigenvalue weighted by molar-refractivity contribution is 7.12. The highest BCUT2D eigenvalue weighted by atomic mass is 32.1. The zero-order valence-corrected chi connectivity index (χ0v) is 17.0. The van der Waals surface area contributed by atoms with Crippen molar-refractivity contribution in [2.45, 2.75) is 69.9 Å². The van der Waals surface area contributed by atoms with E-state index in [1.165, 1.54) is 49.9 Å². The molecule has 5 aliphatic rings. The minimum atomic E-state index is -0.257. The van der Waals surface area contributed by atoms with Gasteiger partial charge in [-0.15, -0.1) is 11.3 Å². The second-order valence-corrected chi connectivity index (χ2v) is 10.3. The van der Waals surface area contributed by atoms with E-state index in [2.05, 4.69) is 11.8 Å². The Hall–Kier alpha value is -1.36. The van der Waals surface area contributed by atoms with Crippen molar-refractivity contribution in [3.8, 4) is 0 Å². The second kappa shape index (κ2) is 6.61. The van der Waals surface area contributed by atoms with Gasteiger partial charge in [-0.25, -0.2) is 0 Å². The zero-order chi connectivity index (χ0) is 18.6. The molecule has 5 fully saturated rings. The van der Waals surface area contributed by atoms with E-state index in [0.717, 1.165) is 42.0 Å². The lowest BCUT2D eigenvalue weighted by Crippen LogP contribution is -2.64. The van der Waals surface area contributed by atoms with E-state index in [9.17, 15) is 9.59 Å². The average Bonchev–Trinajstić information content (AvgIpc) is 3.32. The molecule has 1 atom stereocenters. The number of nitrogens with zero attached hydrogens (tertiary/aromatic N) is 2.